The number of hydrogen-bond donors (Lipinski definition) is 2. The fourth-order valence-corrected chi connectivity index (χ4v) is 2.04. The van der Waals surface area contributed by atoms with Gasteiger partial charge >= 0.3 is 6.09 Å². The lowest BCUT2D eigenvalue weighted by Crippen LogP contribution is -2.29. The zero-order chi connectivity index (χ0) is 14.5. The summed E-state index contributed by atoms with van der Waals surface area (Å²) in [5, 5.41) is 1.15. The fourth-order valence-electron chi connectivity index (χ4n) is 2.04. The highest BCUT2D eigenvalue weighted by atomic mass is 35.5. The number of carbonyl (C=O) groups excluding carboxylic acids is 1. The molecule has 2 rings (SSSR count). The molecule has 1 amide bonds. The first-order chi connectivity index (χ1) is 9.65. The first-order valence-corrected chi connectivity index (χ1v) is 6.88. The van der Waals surface area contributed by atoms with Crippen LogP contribution in [0, 0.1) is 0 Å². The first-order valence-electron chi connectivity index (χ1n) is 6.88. The van der Waals surface area contributed by atoms with Gasteiger partial charge < -0.3 is 20.4 Å². The summed E-state index contributed by atoms with van der Waals surface area (Å²) in [5.74, 6) is 0.551. The van der Waals surface area contributed by atoms with Crippen LogP contribution in [-0.2, 0) is 6.42 Å². The second-order valence-corrected chi connectivity index (χ2v) is 4.80. The number of aryl methyl sites for hydroxylation is 1. The number of hydrogen-bond acceptors (Lipinski definition) is 3. The number of aromatic nitrogens is 1. The van der Waals surface area contributed by atoms with Crippen molar-refractivity contribution in [2.75, 3.05) is 20.1 Å². The lowest BCUT2D eigenvalue weighted by Gasteiger charge is -2.14. The van der Waals surface area contributed by atoms with Gasteiger partial charge in [0.05, 0.1) is 0 Å². The number of H-pyrrole nitrogens is 1. The van der Waals surface area contributed by atoms with Gasteiger partial charge in [0.25, 0.3) is 0 Å². The molecule has 0 bridgehead atoms. The lowest BCUT2D eigenvalue weighted by molar-refractivity contribution is 0.165. The SMILES string of the molecule is CCN(C)C(=O)Oc1ccc2c(CCCN)c[nH]c2c1.Cl. The Bertz CT molecular complexity index is 598. The molecule has 0 unspecified atom stereocenters. The largest absolute Gasteiger partial charge is 0.414 e. The second-order valence-electron chi connectivity index (χ2n) is 4.80. The van der Waals surface area contributed by atoms with Crippen LogP contribution in [-0.4, -0.2) is 36.1 Å². The van der Waals surface area contributed by atoms with Crippen LogP contribution in [0.1, 0.15) is 18.9 Å². The lowest BCUT2D eigenvalue weighted by atomic mass is 10.1. The van der Waals surface area contributed by atoms with E-state index < -0.39 is 0 Å². The van der Waals surface area contributed by atoms with Gasteiger partial charge in [-0.2, -0.15) is 0 Å². The molecule has 0 saturated carbocycles. The number of nitrogens with one attached hydrogen (secondary N) is 1. The first kappa shape index (κ1) is 17.3. The van der Waals surface area contributed by atoms with E-state index >= 15 is 0 Å². The Hall–Kier alpha value is -1.72. The maximum atomic E-state index is 11.7. The van der Waals surface area contributed by atoms with Crippen LogP contribution in [0.15, 0.2) is 24.4 Å². The van der Waals surface area contributed by atoms with E-state index in [4.69, 9.17) is 10.5 Å². The number of carbonyl (C=O) groups is 1. The van der Waals surface area contributed by atoms with E-state index in [9.17, 15) is 4.79 Å². The summed E-state index contributed by atoms with van der Waals surface area (Å²) in [6, 6.07) is 5.65. The summed E-state index contributed by atoms with van der Waals surface area (Å²) in [6.07, 6.45) is 3.56. The maximum Gasteiger partial charge on any atom is 0.414 e. The predicted molar refractivity (Wildman–Crippen MR) is 87.3 cm³/mol. The Morgan fingerprint density at radius 3 is 2.86 bits per heavy atom. The van der Waals surface area contributed by atoms with Gasteiger partial charge in [0.2, 0.25) is 0 Å². The number of ether oxygens (including phenoxy) is 1. The molecule has 0 aliphatic rings. The van der Waals surface area contributed by atoms with E-state index in [2.05, 4.69) is 4.98 Å². The minimum absolute atomic E-state index is 0. The molecule has 0 saturated heterocycles. The molecule has 21 heavy (non-hydrogen) atoms. The van der Waals surface area contributed by atoms with E-state index in [1.54, 1.807) is 7.05 Å². The van der Waals surface area contributed by atoms with Crippen molar-refractivity contribution in [3.8, 4) is 5.75 Å². The molecule has 3 N–H and O–H groups in total. The summed E-state index contributed by atoms with van der Waals surface area (Å²) in [4.78, 5) is 16.4. The van der Waals surface area contributed by atoms with Gasteiger partial charge in [0, 0.05) is 36.8 Å². The smallest absolute Gasteiger partial charge is 0.410 e. The van der Waals surface area contributed by atoms with Crippen LogP contribution in [0.2, 0.25) is 0 Å². The van der Waals surface area contributed by atoms with Crippen molar-refractivity contribution in [3.05, 3.63) is 30.0 Å². The third kappa shape index (κ3) is 4.12. The molecule has 2 aromatic rings. The standard InChI is InChI=1S/C15H21N3O2.ClH/c1-3-18(2)15(19)20-12-6-7-13-11(5-4-8-16)10-17-14(13)9-12;/h6-7,9-10,17H,3-5,8,16H2,1-2H3;1H. The molecule has 116 valence electrons. The molecular weight excluding hydrogens is 290 g/mol. The van der Waals surface area contributed by atoms with Gasteiger partial charge in [-0.05, 0) is 44.0 Å². The average molecular weight is 312 g/mol. The van der Waals surface area contributed by atoms with Crippen molar-refractivity contribution in [1.29, 1.82) is 0 Å². The number of nitrogens with two attached hydrogens (primary N) is 1. The summed E-state index contributed by atoms with van der Waals surface area (Å²) < 4.78 is 5.31. The van der Waals surface area contributed by atoms with Crippen molar-refractivity contribution in [1.82, 2.24) is 9.88 Å². The molecule has 0 radical (unpaired) electrons. The molecule has 0 spiro atoms. The second kappa shape index (κ2) is 7.90. The van der Waals surface area contributed by atoms with Gasteiger partial charge in [-0.15, -0.1) is 12.4 Å². The van der Waals surface area contributed by atoms with E-state index in [0.717, 1.165) is 23.7 Å². The zero-order valence-electron chi connectivity index (χ0n) is 12.4. The summed E-state index contributed by atoms with van der Waals surface area (Å²) in [6.45, 7) is 3.21. The van der Waals surface area contributed by atoms with E-state index in [1.807, 2.05) is 31.3 Å². The van der Waals surface area contributed by atoms with Gasteiger partial charge in [-0.1, -0.05) is 0 Å². The Labute approximate surface area is 130 Å². The number of fused-ring (bicyclic) bond motifs is 1. The van der Waals surface area contributed by atoms with Crippen molar-refractivity contribution < 1.29 is 9.53 Å². The summed E-state index contributed by atoms with van der Waals surface area (Å²) in [7, 11) is 1.71. The van der Waals surface area contributed by atoms with Gasteiger partial charge in [0.1, 0.15) is 5.75 Å². The van der Waals surface area contributed by atoms with Crippen LogP contribution in [0.25, 0.3) is 10.9 Å². The van der Waals surface area contributed by atoms with Gasteiger partial charge in [-0.25, -0.2) is 4.79 Å². The molecule has 0 atom stereocenters. The highest BCUT2D eigenvalue weighted by Crippen LogP contribution is 2.24. The third-order valence-electron chi connectivity index (χ3n) is 3.38. The quantitative estimate of drug-likeness (QED) is 0.892. The van der Waals surface area contributed by atoms with Gasteiger partial charge in [-0.3, -0.25) is 0 Å². The monoisotopic (exact) mass is 311 g/mol. The zero-order valence-corrected chi connectivity index (χ0v) is 13.2. The summed E-state index contributed by atoms with van der Waals surface area (Å²) in [5.41, 5.74) is 7.76. The van der Waals surface area contributed by atoms with Crippen LogP contribution < -0.4 is 10.5 Å². The van der Waals surface area contributed by atoms with Crippen LogP contribution in [0.3, 0.4) is 0 Å². The highest BCUT2D eigenvalue weighted by Gasteiger charge is 2.10. The van der Waals surface area contributed by atoms with E-state index in [1.165, 1.54) is 10.5 Å². The normalized spacial score (nSPS) is 10.2. The van der Waals surface area contributed by atoms with Crippen molar-refractivity contribution in [2.45, 2.75) is 19.8 Å². The molecule has 5 nitrogen and oxygen atoms in total. The van der Waals surface area contributed by atoms with Gasteiger partial charge in [0.15, 0.2) is 0 Å². The molecule has 0 aliphatic carbocycles. The van der Waals surface area contributed by atoms with Crippen LogP contribution in [0.5, 0.6) is 5.75 Å². The average Bonchev–Trinajstić information content (AvgIpc) is 2.86. The molecule has 0 fully saturated rings. The minimum atomic E-state index is -0.346. The molecular formula is C15H22ClN3O2. The van der Waals surface area contributed by atoms with Crippen LogP contribution in [0.4, 0.5) is 4.79 Å². The molecule has 1 aromatic carbocycles. The molecule has 0 aliphatic heterocycles. The van der Waals surface area contributed by atoms with Crippen molar-refractivity contribution in [2.24, 2.45) is 5.73 Å². The van der Waals surface area contributed by atoms with Crippen LogP contribution >= 0.6 is 12.4 Å². The number of halogens is 1. The molecule has 6 heteroatoms. The topological polar surface area (TPSA) is 71.3 Å². The molecule has 1 aromatic heterocycles. The Balaban J connectivity index is 0.00000220. The predicted octanol–water partition coefficient (Wildman–Crippen LogP) is 2.93. The number of rotatable bonds is 5. The maximum absolute atomic E-state index is 11.7. The number of nitrogens with zero attached hydrogens (tertiary/aromatic N) is 1. The van der Waals surface area contributed by atoms with E-state index in [0.29, 0.717) is 18.8 Å². The highest BCUT2D eigenvalue weighted by molar-refractivity contribution is 5.85. The van der Waals surface area contributed by atoms with E-state index in [-0.39, 0.29) is 18.5 Å². The summed E-state index contributed by atoms with van der Waals surface area (Å²) >= 11 is 0. The Morgan fingerprint density at radius 2 is 2.19 bits per heavy atom. The fraction of sp³-hybridized carbons (Fsp3) is 0.400. The van der Waals surface area contributed by atoms with Crippen molar-refractivity contribution in [3.63, 3.8) is 0 Å². The number of aromatic amines is 1. The Kier molecular flexibility index (Phi) is 6.52. The minimum Gasteiger partial charge on any atom is -0.410 e. The van der Waals surface area contributed by atoms with Crippen molar-refractivity contribution >= 4 is 29.4 Å². The molecule has 1 heterocycles. The third-order valence-corrected chi connectivity index (χ3v) is 3.38. The Morgan fingerprint density at radius 1 is 1.43 bits per heavy atom. The number of benzene rings is 1. The number of amides is 1.